The lowest BCUT2D eigenvalue weighted by Crippen LogP contribution is -2.07. The lowest BCUT2D eigenvalue weighted by molar-refractivity contribution is -0.144. The van der Waals surface area contributed by atoms with Gasteiger partial charge in [0.05, 0.1) is 0 Å². The Morgan fingerprint density at radius 3 is 2.67 bits per heavy atom. The van der Waals surface area contributed by atoms with Crippen LogP contribution in [0.25, 0.3) is 0 Å². The molecule has 0 aliphatic rings. The van der Waals surface area contributed by atoms with Gasteiger partial charge in [0, 0.05) is 12.4 Å². The number of hydrogen-bond donors (Lipinski definition) is 1. The molecule has 3 nitrogen and oxygen atoms in total. The van der Waals surface area contributed by atoms with Crippen molar-refractivity contribution < 1.29 is 18.3 Å². The summed E-state index contributed by atoms with van der Waals surface area (Å²) in [5, 5.41) is 8.72. The smallest absolute Gasteiger partial charge is 0.396 e. The lowest BCUT2D eigenvalue weighted by Gasteiger charge is -2.03. The molecule has 0 saturated carbocycles. The summed E-state index contributed by atoms with van der Waals surface area (Å²) < 4.78 is 39.8. The van der Waals surface area contributed by atoms with Crippen LogP contribution in [0, 0.1) is 5.92 Å². The normalized spacial score (nSPS) is 14.2. The van der Waals surface area contributed by atoms with Gasteiger partial charge in [-0.15, -0.1) is 0 Å². The molecule has 0 amide bonds. The minimum Gasteiger partial charge on any atom is -0.396 e. The van der Waals surface area contributed by atoms with Gasteiger partial charge in [0.1, 0.15) is 0 Å². The van der Waals surface area contributed by atoms with Crippen molar-refractivity contribution in [2.24, 2.45) is 5.92 Å². The van der Waals surface area contributed by atoms with Gasteiger partial charge >= 0.3 is 6.18 Å². The third kappa shape index (κ3) is 3.96. The maximum Gasteiger partial charge on any atom is 0.452 e. The van der Waals surface area contributed by atoms with Crippen LogP contribution in [0.3, 0.4) is 0 Å². The predicted molar refractivity (Wildman–Crippen MR) is 51.9 cm³/mol. The zero-order chi connectivity index (χ0) is 11.5. The molecule has 1 heterocycles. The van der Waals surface area contributed by atoms with Crippen molar-refractivity contribution in [3.8, 4) is 0 Å². The molecule has 0 bridgehead atoms. The molecule has 8 heteroatoms. The summed E-state index contributed by atoms with van der Waals surface area (Å²) in [4.78, 5) is 3.35. The van der Waals surface area contributed by atoms with Crippen molar-refractivity contribution in [3.63, 3.8) is 0 Å². The van der Waals surface area contributed by atoms with Gasteiger partial charge in [0.2, 0.25) is 5.82 Å². The molecule has 1 atom stereocenters. The molecule has 0 fully saturated rings. The van der Waals surface area contributed by atoms with Gasteiger partial charge in [-0.05, 0) is 17.5 Å². The first-order valence-corrected chi connectivity index (χ1v) is 5.84. The second-order valence-electron chi connectivity index (χ2n) is 2.98. The molecule has 86 valence electrons. The Balaban J connectivity index is 2.54. The van der Waals surface area contributed by atoms with E-state index >= 15 is 0 Å². The minimum absolute atomic E-state index is 0.0118. The van der Waals surface area contributed by atoms with Gasteiger partial charge in [-0.3, -0.25) is 0 Å². The summed E-state index contributed by atoms with van der Waals surface area (Å²) in [7, 11) is 0. The van der Waals surface area contributed by atoms with Crippen molar-refractivity contribution in [1.82, 2.24) is 9.36 Å². The highest BCUT2D eigenvalue weighted by Gasteiger charge is 2.36. The van der Waals surface area contributed by atoms with Gasteiger partial charge in [-0.1, -0.05) is 18.7 Å². The number of alkyl halides is 3. The average molecular weight is 258 g/mol. The van der Waals surface area contributed by atoms with E-state index < -0.39 is 12.0 Å². The number of halogens is 3. The third-order valence-electron chi connectivity index (χ3n) is 1.46. The third-order valence-corrected chi connectivity index (χ3v) is 3.63. The summed E-state index contributed by atoms with van der Waals surface area (Å²) in [6.45, 7) is 1.82. The summed E-state index contributed by atoms with van der Waals surface area (Å²) in [5.41, 5.74) is 0. The largest absolute Gasteiger partial charge is 0.452 e. The number of aliphatic hydroxyl groups excluding tert-OH is 1. The van der Waals surface area contributed by atoms with E-state index in [0.29, 0.717) is 5.75 Å². The number of rotatable bonds is 4. The van der Waals surface area contributed by atoms with Crippen LogP contribution in [0.15, 0.2) is 4.34 Å². The van der Waals surface area contributed by atoms with Crippen LogP contribution in [0.4, 0.5) is 13.2 Å². The van der Waals surface area contributed by atoms with Crippen LogP contribution in [-0.2, 0) is 6.18 Å². The first-order chi connectivity index (χ1) is 6.93. The SMILES string of the molecule is CC(CO)CSc1nc(C(F)(F)F)ns1. The fraction of sp³-hybridized carbons (Fsp3) is 0.714. The maximum atomic E-state index is 12.1. The van der Waals surface area contributed by atoms with E-state index in [2.05, 4.69) is 9.36 Å². The van der Waals surface area contributed by atoms with Crippen LogP contribution < -0.4 is 0 Å². The molecule has 1 rings (SSSR count). The monoisotopic (exact) mass is 258 g/mol. The van der Waals surface area contributed by atoms with E-state index in [0.717, 1.165) is 11.5 Å². The van der Waals surface area contributed by atoms with Crippen LogP contribution in [0.5, 0.6) is 0 Å². The van der Waals surface area contributed by atoms with Crippen LogP contribution in [0.1, 0.15) is 12.7 Å². The Hall–Kier alpha value is -0.340. The summed E-state index contributed by atoms with van der Waals surface area (Å²) in [5.74, 6) is -0.525. The van der Waals surface area contributed by atoms with Crippen molar-refractivity contribution >= 4 is 23.3 Å². The average Bonchev–Trinajstić information content (AvgIpc) is 2.61. The van der Waals surface area contributed by atoms with E-state index in [1.165, 1.54) is 11.8 Å². The Labute approximate surface area is 92.9 Å². The molecule has 1 unspecified atom stereocenters. The molecule has 0 aliphatic carbocycles. The highest BCUT2D eigenvalue weighted by Crippen LogP contribution is 2.31. The van der Waals surface area contributed by atoms with Crippen LogP contribution in [-0.4, -0.2) is 26.8 Å². The summed E-state index contributed by atoms with van der Waals surface area (Å²) in [6, 6.07) is 0. The van der Waals surface area contributed by atoms with Crippen molar-refractivity contribution in [1.29, 1.82) is 0 Å². The number of hydrogen-bond acceptors (Lipinski definition) is 5. The first-order valence-electron chi connectivity index (χ1n) is 4.08. The second kappa shape index (κ2) is 5.13. The number of thioether (sulfide) groups is 1. The van der Waals surface area contributed by atoms with Crippen LogP contribution in [0.2, 0.25) is 0 Å². The zero-order valence-electron chi connectivity index (χ0n) is 7.78. The molecular weight excluding hydrogens is 249 g/mol. The van der Waals surface area contributed by atoms with Crippen molar-refractivity contribution in [3.05, 3.63) is 5.82 Å². The van der Waals surface area contributed by atoms with E-state index in [9.17, 15) is 13.2 Å². The Bertz CT molecular complexity index is 315. The number of aromatic nitrogens is 2. The predicted octanol–water partition coefficient (Wildman–Crippen LogP) is 2.28. The molecule has 0 saturated heterocycles. The Morgan fingerprint density at radius 1 is 1.53 bits per heavy atom. The molecule has 0 spiro atoms. The lowest BCUT2D eigenvalue weighted by atomic mass is 10.2. The van der Waals surface area contributed by atoms with E-state index in [4.69, 9.17) is 5.11 Å². The number of aliphatic hydroxyl groups is 1. The van der Waals surface area contributed by atoms with Gasteiger partial charge < -0.3 is 5.11 Å². The Morgan fingerprint density at radius 2 is 2.20 bits per heavy atom. The van der Waals surface area contributed by atoms with Gasteiger partial charge in [0.25, 0.3) is 0 Å². The van der Waals surface area contributed by atoms with Crippen molar-refractivity contribution in [2.75, 3.05) is 12.4 Å². The standard InChI is InChI=1S/C7H9F3N2OS2/c1-4(2-13)3-14-6-11-5(12-15-6)7(8,9)10/h4,13H,2-3H2,1H3. The minimum atomic E-state index is -4.47. The van der Waals surface area contributed by atoms with E-state index in [1.54, 1.807) is 6.92 Å². The second-order valence-corrected chi connectivity index (χ2v) is 5.00. The topological polar surface area (TPSA) is 46.0 Å². The molecule has 15 heavy (non-hydrogen) atoms. The molecule has 1 aromatic heterocycles. The molecule has 1 aromatic rings. The summed E-state index contributed by atoms with van der Waals surface area (Å²) >= 11 is 1.90. The first kappa shape index (κ1) is 12.7. The number of nitrogens with zero attached hydrogens (tertiary/aromatic N) is 2. The van der Waals surface area contributed by atoms with Gasteiger partial charge in [-0.25, -0.2) is 4.98 Å². The van der Waals surface area contributed by atoms with Crippen LogP contribution >= 0.6 is 23.3 Å². The molecule has 0 radical (unpaired) electrons. The Kier molecular flexibility index (Phi) is 4.35. The molecule has 1 N–H and O–H groups in total. The fourth-order valence-corrected chi connectivity index (χ4v) is 2.30. The maximum absolute atomic E-state index is 12.1. The quantitative estimate of drug-likeness (QED) is 0.842. The van der Waals surface area contributed by atoms with Gasteiger partial charge in [0.15, 0.2) is 4.34 Å². The van der Waals surface area contributed by atoms with E-state index in [1.807, 2.05) is 0 Å². The van der Waals surface area contributed by atoms with Gasteiger partial charge in [-0.2, -0.15) is 17.5 Å². The van der Waals surface area contributed by atoms with E-state index in [-0.39, 0.29) is 16.9 Å². The summed E-state index contributed by atoms with van der Waals surface area (Å²) in [6.07, 6.45) is -4.47. The molecular formula is C7H9F3N2OS2. The van der Waals surface area contributed by atoms with Crippen molar-refractivity contribution in [2.45, 2.75) is 17.4 Å². The molecule has 0 aromatic carbocycles. The highest BCUT2D eigenvalue weighted by atomic mass is 32.2. The highest BCUT2D eigenvalue weighted by molar-refractivity contribution is 8.00. The fourth-order valence-electron chi connectivity index (χ4n) is 0.650. The molecule has 0 aliphatic heterocycles. The zero-order valence-corrected chi connectivity index (χ0v) is 9.42.